The summed E-state index contributed by atoms with van der Waals surface area (Å²) in [5.74, 6) is -2.72. The Morgan fingerprint density at radius 3 is 1.72 bits per heavy atom. The second-order valence-corrected chi connectivity index (χ2v) is 5.16. The van der Waals surface area contributed by atoms with E-state index in [0.29, 0.717) is 5.56 Å². The highest BCUT2D eigenvalue weighted by atomic mass is 16.7. The number of hydrogen-bond acceptors (Lipinski definition) is 6. The largest absolute Gasteiger partial charge is 0.417 e. The summed E-state index contributed by atoms with van der Waals surface area (Å²) in [5, 5.41) is 0. The molecule has 0 N–H and O–H groups in total. The molecule has 0 spiro atoms. The van der Waals surface area contributed by atoms with Crippen molar-refractivity contribution in [2.75, 3.05) is 0 Å². The monoisotopic (exact) mass is 340 g/mol. The lowest BCUT2D eigenvalue weighted by Crippen LogP contribution is -2.32. The molecule has 0 atom stereocenters. The molecule has 0 radical (unpaired) electrons. The Morgan fingerprint density at radius 2 is 1.20 bits per heavy atom. The minimum atomic E-state index is -1.74. The van der Waals surface area contributed by atoms with Crippen molar-refractivity contribution in [1.29, 1.82) is 0 Å². The fourth-order valence-corrected chi connectivity index (χ4v) is 2.20. The van der Waals surface area contributed by atoms with Crippen molar-refractivity contribution in [3.8, 4) is 0 Å². The van der Waals surface area contributed by atoms with Gasteiger partial charge in [0.25, 0.3) is 0 Å². The van der Waals surface area contributed by atoms with Crippen LogP contribution >= 0.6 is 0 Å². The molecule has 2 aromatic rings. The molecule has 0 saturated heterocycles. The highest BCUT2D eigenvalue weighted by molar-refractivity contribution is 6.16. The minimum Gasteiger partial charge on any atom is -0.417 e. The molecule has 0 aromatic heterocycles. The predicted molar refractivity (Wildman–Crippen MR) is 88.0 cm³/mol. The van der Waals surface area contributed by atoms with Crippen molar-refractivity contribution in [2.45, 2.75) is 20.1 Å². The van der Waals surface area contributed by atoms with E-state index in [0.717, 1.165) is 13.8 Å². The van der Waals surface area contributed by atoms with Crippen LogP contribution in [0.4, 0.5) is 0 Å². The molecule has 2 rings (SSSR count). The van der Waals surface area contributed by atoms with Gasteiger partial charge in [0, 0.05) is 30.5 Å². The molecule has 0 aliphatic rings. The third kappa shape index (κ3) is 4.60. The Labute approximate surface area is 144 Å². The van der Waals surface area contributed by atoms with Crippen LogP contribution in [-0.2, 0) is 19.1 Å². The first-order valence-electron chi connectivity index (χ1n) is 7.47. The van der Waals surface area contributed by atoms with Crippen LogP contribution in [0.25, 0.3) is 0 Å². The van der Waals surface area contributed by atoms with Gasteiger partial charge in [-0.1, -0.05) is 54.6 Å². The third-order valence-electron chi connectivity index (χ3n) is 3.23. The second kappa shape index (κ2) is 8.01. The van der Waals surface area contributed by atoms with E-state index in [1.165, 1.54) is 12.1 Å². The molecule has 25 heavy (non-hydrogen) atoms. The van der Waals surface area contributed by atoms with Crippen LogP contribution in [0.1, 0.15) is 40.1 Å². The highest BCUT2D eigenvalue weighted by Crippen LogP contribution is 2.18. The number of carbonyl (C=O) groups is 4. The van der Waals surface area contributed by atoms with Crippen molar-refractivity contribution >= 4 is 23.5 Å². The van der Waals surface area contributed by atoms with Crippen LogP contribution in [0, 0.1) is 0 Å². The third-order valence-corrected chi connectivity index (χ3v) is 3.23. The second-order valence-electron chi connectivity index (χ2n) is 5.16. The molecule has 0 amide bonds. The van der Waals surface area contributed by atoms with Crippen LogP contribution < -0.4 is 0 Å². The zero-order chi connectivity index (χ0) is 18.4. The molecule has 128 valence electrons. The van der Waals surface area contributed by atoms with E-state index in [4.69, 9.17) is 9.47 Å². The first-order valence-corrected chi connectivity index (χ1v) is 7.47. The lowest BCUT2D eigenvalue weighted by atomic mass is 9.96. The Hall–Kier alpha value is -3.28. The summed E-state index contributed by atoms with van der Waals surface area (Å²) in [6, 6.07) is 14.5. The molecule has 6 nitrogen and oxygen atoms in total. The van der Waals surface area contributed by atoms with Crippen LogP contribution in [0.2, 0.25) is 0 Å². The molecule has 0 fully saturated rings. The van der Waals surface area contributed by atoms with Crippen LogP contribution in [0.5, 0.6) is 0 Å². The Morgan fingerprint density at radius 1 is 0.720 bits per heavy atom. The van der Waals surface area contributed by atoms with Crippen molar-refractivity contribution < 1.29 is 28.7 Å². The van der Waals surface area contributed by atoms with E-state index >= 15 is 0 Å². The lowest BCUT2D eigenvalue weighted by Gasteiger charge is -2.17. The van der Waals surface area contributed by atoms with Crippen LogP contribution in [-0.4, -0.2) is 29.8 Å². The number of rotatable bonds is 6. The first kappa shape index (κ1) is 18.1. The minimum absolute atomic E-state index is 0.00357. The Balaban J connectivity index is 2.41. The average Bonchev–Trinajstić information content (AvgIpc) is 2.60. The van der Waals surface area contributed by atoms with E-state index in [-0.39, 0.29) is 16.9 Å². The molecule has 0 bridgehead atoms. The van der Waals surface area contributed by atoms with Gasteiger partial charge in [0.15, 0.2) is 5.78 Å². The maximum Gasteiger partial charge on any atom is 0.310 e. The summed E-state index contributed by atoms with van der Waals surface area (Å²) >= 11 is 0. The lowest BCUT2D eigenvalue weighted by molar-refractivity contribution is -0.176. The van der Waals surface area contributed by atoms with E-state index in [1.54, 1.807) is 42.5 Å². The van der Waals surface area contributed by atoms with Gasteiger partial charge in [0.05, 0.1) is 0 Å². The van der Waals surface area contributed by atoms with Crippen molar-refractivity contribution in [2.24, 2.45) is 0 Å². The van der Waals surface area contributed by atoms with Gasteiger partial charge in [0.2, 0.25) is 5.78 Å². The predicted octanol–water partition coefficient (Wildman–Crippen LogP) is 2.55. The maximum atomic E-state index is 12.7. The summed E-state index contributed by atoms with van der Waals surface area (Å²) in [5.41, 5.74) is 0.533. The van der Waals surface area contributed by atoms with Gasteiger partial charge in [-0.15, -0.1) is 0 Å². The molecule has 6 heteroatoms. The number of ketones is 2. The normalized spacial score (nSPS) is 10.2. The van der Waals surface area contributed by atoms with Crippen molar-refractivity contribution in [3.63, 3.8) is 0 Å². The number of ether oxygens (including phenoxy) is 2. The Kier molecular flexibility index (Phi) is 5.79. The van der Waals surface area contributed by atoms with Gasteiger partial charge < -0.3 is 9.47 Å². The quantitative estimate of drug-likeness (QED) is 0.456. The van der Waals surface area contributed by atoms with Gasteiger partial charge >= 0.3 is 18.2 Å². The topological polar surface area (TPSA) is 86.7 Å². The number of Topliss-reactive ketones (excluding diaryl/α,β-unsaturated/α-hetero) is 1. The standard InChI is InChI=1S/C19H16O6/c1-12(20)24-19(25-13(2)21)18(23)16-11-7-6-10-15(16)17(22)14-8-4-3-5-9-14/h3-11,19H,1-2H3. The molecular formula is C19H16O6. The molecule has 0 saturated carbocycles. The average molecular weight is 340 g/mol. The van der Waals surface area contributed by atoms with Gasteiger partial charge in [-0.25, -0.2) is 0 Å². The molecule has 0 aliphatic heterocycles. The molecule has 0 heterocycles. The number of hydrogen-bond donors (Lipinski definition) is 0. The highest BCUT2D eigenvalue weighted by Gasteiger charge is 2.29. The van der Waals surface area contributed by atoms with Gasteiger partial charge in [-0.05, 0) is 0 Å². The summed E-state index contributed by atoms with van der Waals surface area (Å²) in [4.78, 5) is 47.7. The smallest absolute Gasteiger partial charge is 0.310 e. The summed E-state index contributed by atoms with van der Waals surface area (Å²) < 4.78 is 9.55. The summed E-state index contributed by atoms with van der Waals surface area (Å²) in [7, 11) is 0. The van der Waals surface area contributed by atoms with E-state index < -0.39 is 24.0 Å². The molecule has 0 aliphatic carbocycles. The SMILES string of the molecule is CC(=O)OC(OC(C)=O)C(=O)c1ccccc1C(=O)c1ccccc1. The van der Waals surface area contributed by atoms with Crippen molar-refractivity contribution in [1.82, 2.24) is 0 Å². The number of benzene rings is 2. The van der Waals surface area contributed by atoms with E-state index in [1.807, 2.05) is 0 Å². The summed E-state index contributed by atoms with van der Waals surface area (Å²) in [6.07, 6.45) is -1.74. The Bertz CT molecular complexity index is 794. The number of carbonyl (C=O) groups excluding carboxylic acids is 4. The first-order chi connectivity index (χ1) is 11.9. The molecular weight excluding hydrogens is 324 g/mol. The van der Waals surface area contributed by atoms with E-state index in [2.05, 4.69) is 0 Å². The fourth-order valence-electron chi connectivity index (χ4n) is 2.20. The van der Waals surface area contributed by atoms with Crippen molar-refractivity contribution in [3.05, 3.63) is 71.3 Å². The van der Waals surface area contributed by atoms with Gasteiger partial charge in [-0.2, -0.15) is 0 Å². The number of esters is 2. The van der Waals surface area contributed by atoms with Crippen LogP contribution in [0.3, 0.4) is 0 Å². The zero-order valence-electron chi connectivity index (χ0n) is 13.7. The zero-order valence-corrected chi connectivity index (χ0v) is 13.7. The van der Waals surface area contributed by atoms with Gasteiger partial charge in [-0.3, -0.25) is 19.2 Å². The summed E-state index contributed by atoms with van der Waals surface area (Å²) in [6.45, 7) is 2.18. The molecule has 0 unspecified atom stereocenters. The fraction of sp³-hybridized carbons (Fsp3) is 0.158. The van der Waals surface area contributed by atoms with E-state index in [9.17, 15) is 19.2 Å². The van der Waals surface area contributed by atoms with Crippen LogP contribution in [0.15, 0.2) is 54.6 Å². The molecule has 2 aromatic carbocycles. The van der Waals surface area contributed by atoms with Gasteiger partial charge in [0.1, 0.15) is 0 Å². The maximum absolute atomic E-state index is 12.7.